The van der Waals surface area contributed by atoms with Crippen LogP contribution in [0.15, 0.2) is 109 Å². The summed E-state index contributed by atoms with van der Waals surface area (Å²) < 4.78 is 42.9. The molecule has 1 aliphatic carbocycles. The van der Waals surface area contributed by atoms with Crippen LogP contribution in [0.4, 0.5) is 13.2 Å². The Morgan fingerprint density at radius 1 is 0.676 bits per heavy atom. The molecule has 1 aliphatic rings. The van der Waals surface area contributed by atoms with Crippen LogP contribution in [0, 0.1) is 0 Å². The van der Waals surface area contributed by atoms with Crippen LogP contribution < -0.4 is 4.74 Å². The predicted molar refractivity (Wildman–Crippen MR) is 122 cm³/mol. The minimum Gasteiger partial charge on any atom is -0.478 e. The first-order chi connectivity index (χ1) is 16.4. The quantitative estimate of drug-likeness (QED) is 0.284. The zero-order chi connectivity index (χ0) is 23.9. The average Bonchev–Trinajstić information content (AvgIpc) is 3.16. The van der Waals surface area contributed by atoms with Gasteiger partial charge >= 0.3 is 18.1 Å². The molecule has 3 nitrogen and oxygen atoms in total. The van der Waals surface area contributed by atoms with Gasteiger partial charge < -0.3 is 9.84 Å². The fourth-order valence-electron chi connectivity index (χ4n) is 4.80. The second-order valence-corrected chi connectivity index (χ2v) is 7.88. The minimum atomic E-state index is -2.53. The Bertz CT molecular complexity index is 1370. The van der Waals surface area contributed by atoms with E-state index in [1.807, 2.05) is 48.5 Å². The highest BCUT2D eigenvalue weighted by atomic mass is 19.3. The van der Waals surface area contributed by atoms with E-state index in [2.05, 4.69) is 4.74 Å². The Balaban J connectivity index is 1.76. The smallest absolute Gasteiger partial charge is 0.344 e. The Kier molecular flexibility index (Phi) is 5.21. The first kappa shape index (κ1) is 21.5. The van der Waals surface area contributed by atoms with E-state index in [1.165, 1.54) is 12.1 Å². The summed E-state index contributed by atoms with van der Waals surface area (Å²) in [5, 5.41) is 9.38. The maximum absolute atomic E-state index is 13.3. The molecule has 0 amide bonds. The van der Waals surface area contributed by atoms with E-state index in [1.54, 1.807) is 36.4 Å². The van der Waals surface area contributed by atoms with Crippen LogP contribution in [-0.4, -0.2) is 11.1 Å². The van der Waals surface area contributed by atoms with E-state index in [0.29, 0.717) is 0 Å². The summed E-state index contributed by atoms with van der Waals surface area (Å²) in [6.45, 7) is 0. The third kappa shape index (κ3) is 3.27. The van der Waals surface area contributed by atoms with Crippen LogP contribution >= 0.6 is 0 Å². The first-order valence-electron chi connectivity index (χ1n) is 10.5. The third-order valence-electron chi connectivity index (χ3n) is 6.16. The molecule has 0 bridgehead atoms. The average molecular weight is 458 g/mol. The Morgan fingerprint density at radius 2 is 1.15 bits per heavy atom. The maximum atomic E-state index is 13.3. The number of carbonyl (C=O) groups is 1. The third-order valence-corrected chi connectivity index (χ3v) is 6.16. The van der Waals surface area contributed by atoms with Gasteiger partial charge in [-0.1, -0.05) is 72.8 Å². The molecule has 168 valence electrons. The lowest BCUT2D eigenvalue weighted by Gasteiger charge is -2.34. The molecule has 5 rings (SSSR count). The van der Waals surface area contributed by atoms with Crippen molar-refractivity contribution in [3.05, 3.63) is 137 Å². The summed E-state index contributed by atoms with van der Waals surface area (Å²) in [7, 11) is 0. The van der Waals surface area contributed by atoms with Crippen LogP contribution in [0.3, 0.4) is 0 Å². The molecular weight excluding hydrogens is 441 g/mol. The second-order valence-electron chi connectivity index (χ2n) is 7.88. The van der Waals surface area contributed by atoms with E-state index in [4.69, 9.17) is 0 Å². The van der Waals surface area contributed by atoms with Crippen molar-refractivity contribution < 1.29 is 27.8 Å². The Morgan fingerprint density at radius 3 is 1.62 bits per heavy atom. The molecule has 0 saturated carbocycles. The zero-order valence-electron chi connectivity index (χ0n) is 17.6. The van der Waals surface area contributed by atoms with Gasteiger partial charge in [0.15, 0.2) is 0 Å². The van der Waals surface area contributed by atoms with Gasteiger partial charge in [0.25, 0.3) is 0 Å². The van der Waals surface area contributed by atoms with Gasteiger partial charge in [-0.25, -0.2) is 4.79 Å². The monoisotopic (exact) mass is 458 g/mol. The molecule has 0 unspecified atom stereocenters. The Hall–Kier alpha value is -4.32. The molecule has 1 N–H and O–H groups in total. The van der Waals surface area contributed by atoms with Crippen molar-refractivity contribution in [1.82, 2.24) is 0 Å². The molecule has 0 fully saturated rings. The summed E-state index contributed by atoms with van der Waals surface area (Å²) >= 11 is 0. The molecule has 0 radical (unpaired) electrons. The van der Waals surface area contributed by atoms with E-state index < -0.39 is 23.5 Å². The molecule has 0 atom stereocenters. The molecule has 6 heteroatoms. The number of aromatic carboxylic acids is 1. The highest BCUT2D eigenvalue weighted by Crippen LogP contribution is 2.56. The number of carboxylic acid groups (broad SMARTS) is 1. The van der Waals surface area contributed by atoms with Gasteiger partial charge in [0.2, 0.25) is 0 Å². The lowest BCUT2D eigenvalue weighted by atomic mass is 9.67. The van der Waals surface area contributed by atoms with Gasteiger partial charge in [0.05, 0.1) is 11.0 Å². The summed E-state index contributed by atoms with van der Waals surface area (Å²) in [6.07, 6.45) is -2.53. The topological polar surface area (TPSA) is 46.5 Å². The molecule has 0 saturated heterocycles. The van der Waals surface area contributed by atoms with E-state index in [-0.39, 0.29) is 11.3 Å². The lowest BCUT2D eigenvalue weighted by molar-refractivity contribution is 0.0697. The van der Waals surface area contributed by atoms with Crippen LogP contribution in [0.1, 0.15) is 32.6 Å². The van der Waals surface area contributed by atoms with Gasteiger partial charge in [-0.3, -0.25) is 0 Å². The minimum absolute atomic E-state index is 0.0648. The van der Waals surface area contributed by atoms with E-state index >= 15 is 0 Å². The van der Waals surface area contributed by atoms with Crippen LogP contribution in [0.2, 0.25) is 0 Å². The van der Waals surface area contributed by atoms with Crippen molar-refractivity contribution in [2.24, 2.45) is 0 Å². The predicted octanol–water partition coefficient (Wildman–Crippen LogP) is 7.16. The van der Waals surface area contributed by atoms with E-state index in [9.17, 15) is 23.1 Å². The molecular formula is C28H17F3O3. The number of ether oxygens (including phenoxy) is 1. The van der Waals surface area contributed by atoms with Crippen molar-refractivity contribution in [3.8, 4) is 16.9 Å². The molecule has 34 heavy (non-hydrogen) atoms. The van der Waals surface area contributed by atoms with Crippen LogP contribution in [0.5, 0.6) is 5.75 Å². The number of fused-ring (bicyclic) bond motifs is 3. The number of rotatable bonds is 5. The fourth-order valence-corrected chi connectivity index (χ4v) is 4.80. The molecule has 0 spiro atoms. The van der Waals surface area contributed by atoms with Crippen molar-refractivity contribution >= 4 is 5.97 Å². The molecule has 0 aliphatic heterocycles. The fraction of sp³-hybridized carbons (Fsp3) is 0.0357. The van der Waals surface area contributed by atoms with Crippen molar-refractivity contribution in [1.29, 1.82) is 0 Å². The number of carboxylic acids is 1. The van der Waals surface area contributed by atoms with Crippen molar-refractivity contribution in [2.45, 2.75) is 5.41 Å². The summed E-state index contributed by atoms with van der Waals surface area (Å²) in [5.74, 6) is -1.09. The molecule has 4 aromatic carbocycles. The van der Waals surface area contributed by atoms with Gasteiger partial charge in [0, 0.05) is 0 Å². The number of benzene rings is 4. The summed E-state index contributed by atoms with van der Waals surface area (Å²) in [4.78, 5) is 11.5. The van der Waals surface area contributed by atoms with Gasteiger partial charge in [-0.05, 0) is 57.6 Å². The van der Waals surface area contributed by atoms with E-state index in [0.717, 1.165) is 33.4 Å². The van der Waals surface area contributed by atoms with Crippen molar-refractivity contribution in [2.75, 3.05) is 0 Å². The van der Waals surface area contributed by atoms with Gasteiger partial charge in [0.1, 0.15) is 5.75 Å². The van der Waals surface area contributed by atoms with Gasteiger partial charge in [-0.2, -0.15) is 13.2 Å². The zero-order valence-corrected chi connectivity index (χ0v) is 17.6. The van der Waals surface area contributed by atoms with Crippen LogP contribution in [0.25, 0.3) is 11.1 Å². The summed E-state index contributed by atoms with van der Waals surface area (Å²) in [5.41, 5.74) is 5.06. The van der Waals surface area contributed by atoms with Crippen molar-refractivity contribution in [3.63, 3.8) is 0 Å². The Labute approximate surface area is 193 Å². The first-order valence-corrected chi connectivity index (χ1v) is 10.5. The SMILES string of the molecule is O=C(O)c1ccc(C2(c3ccc(OC(F)=C(F)F)cc3)c3ccccc3-c3ccccc32)cc1. The highest BCUT2D eigenvalue weighted by Gasteiger charge is 2.45. The molecule has 4 aromatic rings. The largest absolute Gasteiger partial charge is 0.478 e. The maximum Gasteiger partial charge on any atom is 0.344 e. The summed E-state index contributed by atoms with van der Waals surface area (Å²) in [6, 6.07) is 26.9. The highest BCUT2D eigenvalue weighted by molar-refractivity contribution is 5.89. The molecule has 0 aromatic heterocycles. The normalized spacial score (nSPS) is 13.0. The second kappa shape index (κ2) is 8.23. The number of hydrogen-bond donors (Lipinski definition) is 1. The number of halogens is 3. The van der Waals surface area contributed by atoms with Gasteiger partial charge in [-0.15, -0.1) is 0 Å². The number of hydrogen-bond acceptors (Lipinski definition) is 2. The molecule has 0 heterocycles. The lowest BCUT2D eigenvalue weighted by Crippen LogP contribution is -2.28. The standard InChI is InChI=1S/C28H17F3O3/c29-25(30)26(31)34-20-15-13-19(14-16-20)28(18-11-9-17(10-12-18)27(32)33)23-7-3-1-5-21(23)22-6-2-4-8-24(22)28/h1-16H,(H,32,33). The van der Waals surface area contributed by atoms with Crippen LogP contribution in [-0.2, 0) is 5.41 Å².